The third-order valence-corrected chi connectivity index (χ3v) is 3.88. The number of benzene rings is 1. The summed E-state index contributed by atoms with van der Waals surface area (Å²) in [5, 5.41) is 3.52. The van der Waals surface area contributed by atoms with E-state index < -0.39 is 10.0 Å². The summed E-state index contributed by atoms with van der Waals surface area (Å²) >= 11 is 0. The highest BCUT2D eigenvalue weighted by Crippen LogP contribution is 2.22. The Balaban J connectivity index is 2.76. The standard InChI is InChI=1S/C15H26N2O2S/c1-5-7-8-13(6-2)16-14-9-10-15(12(3)11-14)17-20(4,18)19/h9-11,13,16-17H,5-8H2,1-4H3. The van der Waals surface area contributed by atoms with Crippen LogP contribution in [-0.4, -0.2) is 20.7 Å². The molecule has 0 aliphatic heterocycles. The Morgan fingerprint density at radius 1 is 1.25 bits per heavy atom. The van der Waals surface area contributed by atoms with Crippen LogP contribution in [0.25, 0.3) is 0 Å². The van der Waals surface area contributed by atoms with Crippen molar-refractivity contribution in [1.29, 1.82) is 0 Å². The second-order valence-corrected chi connectivity index (χ2v) is 7.04. The summed E-state index contributed by atoms with van der Waals surface area (Å²) < 4.78 is 25.0. The van der Waals surface area contributed by atoms with E-state index in [0.29, 0.717) is 11.7 Å². The Hall–Kier alpha value is -1.23. The minimum atomic E-state index is -3.22. The number of hydrogen-bond donors (Lipinski definition) is 2. The molecule has 0 aliphatic carbocycles. The van der Waals surface area contributed by atoms with Crippen LogP contribution in [0.5, 0.6) is 0 Å². The molecule has 1 aromatic carbocycles. The van der Waals surface area contributed by atoms with E-state index in [1.807, 2.05) is 25.1 Å². The minimum Gasteiger partial charge on any atom is -0.382 e. The molecular weight excluding hydrogens is 272 g/mol. The van der Waals surface area contributed by atoms with E-state index in [9.17, 15) is 8.42 Å². The summed E-state index contributed by atoms with van der Waals surface area (Å²) in [6, 6.07) is 6.20. The molecule has 0 saturated carbocycles. The number of rotatable bonds is 8. The molecule has 1 rings (SSSR count). The van der Waals surface area contributed by atoms with E-state index in [-0.39, 0.29) is 0 Å². The Morgan fingerprint density at radius 3 is 2.45 bits per heavy atom. The summed E-state index contributed by atoms with van der Waals surface area (Å²) in [6.45, 7) is 6.29. The SMILES string of the molecule is CCCCC(CC)Nc1ccc(NS(C)(=O)=O)c(C)c1. The number of anilines is 2. The fourth-order valence-electron chi connectivity index (χ4n) is 2.13. The third kappa shape index (κ3) is 5.82. The smallest absolute Gasteiger partial charge is 0.229 e. The van der Waals surface area contributed by atoms with Crippen molar-refractivity contribution in [2.45, 2.75) is 52.5 Å². The molecule has 0 heterocycles. The summed E-state index contributed by atoms with van der Waals surface area (Å²) in [6.07, 6.45) is 5.83. The van der Waals surface area contributed by atoms with Crippen LogP contribution in [0, 0.1) is 6.92 Å². The molecule has 20 heavy (non-hydrogen) atoms. The molecule has 0 aromatic heterocycles. The minimum absolute atomic E-state index is 0.475. The molecule has 1 atom stereocenters. The second-order valence-electron chi connectivity index (χ2n) is 5.30. The molecule has 4 nitrogen and oxygen atoms in total. The summed E-state index contributed by atoms with van der Waals surface area (Å²) in [4.78, 5) is 0. The van der Waals surface area contributed by atoms with E-state index in [2.05, 4.69) is 23.9 Å². The van der Waals surface area contributed by atoms with E-state index in [0.717, 1.165) is 30.3 Å². The first-order chi connectivity index (χ1) is 9.35. The molecule has 2 N–H and O–H groups in total. The lowest BCUT2D eigenvalue weighted by atomic mass is 10.1. The summed E-state index contributed by atoms with van der Waals surface area (Å²) in [5.41, 5.74) is 2.61. The Bertz CT molecular complexity index is 527. The molecule has 0 bridgehead atoms. The first kappa shape index (κ1) is 16.8. The van der Waals surface area contributed by atoms with Crippen LogP contribution in [0.1, 0.15) is 45.1 Å². The van der Waals surface area contributed by atoms with Crippen molar-refractivity contribution in [3.63, 3.8) is 0 Å². The highest BCUT2D eigenvalue weighted by atomic mass is 32.2. The van der Waals surface area contributed by atoms with Gasteiger partial charge in [0, 0.05) is 11.7 Å². The van der Waals surface area contributed by atoms with Gasteiger partial charge in [0.1, 0.15) is 0 Å². The van der Waals surface area contributed by atoms with Crippen LogP contribution in [0.3, 0.4) is 0 Å². The first-order valence-electron chi connectivity index (χ1n) is 7.20. The van der Waals surface area contributed by atoms with Crippen LogP contribution in [0.15, 0.2) is 18.2 Å². The lowest BCUT2D eigenvalue weighted by Gasteiger charge is -2.19. The van der Waals surface area contributed by atoms with Gasteiger partial charge in [0.25, 0.3) is 0 Å². The zero-order valence-electron chi connectivity index (χ0n) is 12.9. The van der Waals surface area contributed by atoms with Crippen LogP contribution < -0.4 is 10.0 Å². The van der Waals surface area contributed by atoms with E-state index in [1.165, 1.54) is 12.8 Å². The fourth-order valence-corrected chi connectivity index (χ4v) is 2.76. The van der Waals surface area contributed by atoms with Gasteiger partial charge >= 0.3 is 0 Å². The van der Waals surface area contributed by atoms with Crippen LogP contribution in [0.2, 0.25) is 0 Å². The summed E-state index contributed by atoms with van der Waals surface area (Å²) in [7, 11) is -3.22. The number of sulfonamides is 1. The van der Waals surface area contributed by atoms with Gasteiger partial charge in [0.15, 0.2) is 0 Å². The fraction of sp³-hybridized carbons (Fsp3) is 0.600. The maximum atomic E-state index is 11.3. The van der Waals surface area contributed by atoms with Crippen molar-refractivity contribution >= 4 is 21.4 Å². The van der Waals surface area contributed by atoms with Crippen molar-refractivity contribution < 1.29 is 8.42 Å². The average molecular weight is 298 g/mol. The Labute approximate surface area is 123 Å². The van der Waals surface area contributed by atoms with Crippen LogP contribution in [-0.2, 0) is 10.0 Å². The summed E-state index contributed by atoms with van der Waals surface area (Å²) in [5.74, 6) is 0. The molecule has 0 amide bonds. The van der Waals surface area contributed by atoms with Crippen LogP contribution >= 0.6 is 0 Å². The average Bonchev–Trinajstić information content (AvgIpc) is 2.36. The predicted octanol–water partition coefficient (Wildman–Crippen LogP) is 3.75. The van der Waals surface area contributed by atoms with E-state index >= 15 is 0 Å². The molecule has 0 radical (unpaired) electrons. The quantitative estimate of drug-likeness (QED) is 0.768. The number of aryl methyl sites for hydroxylation is 1. The van der Waals surface area contributed by atoms with Crippen molar-refractivity contribution in [3.8, 4) is 0 Å². The van der Waals surface area contributed by atoms with Gasteiger partial charge < -0.3 is 5.32 Å². The molecule has 0 spiro atoms. The first-order valence-corrected chi connectivity index (χ1v) is 9.09. The van der Waals surface area contributed by atoms with Crippen LogP contribution in [0.4, 0.5) is 11.4 Å². The monoisotopic (exact) mass is 298 g/mol. The van der Waals surface area contributed by atoms with Crippen molar-refractivity contribution in [2.24, 2.45) is 0 Å². The Morgan fingerprint density at radius 2 is 1.95 bits per heavy atom. The van der Waals surface area contributed by atoms with Gasteiger partial charge in [0.2, 0.25) is 10.0 Å². The van der Waals surface area contributed by atoms with Gasteiger partial charge in [-0.3, -0.25) is 4.72 Å². The lowest BCUT2D eigenvalue weighted by Crippen LogP contribution is -2.18. The predicted molar refractivity (Wildman–Crippen MR) is 86.9 cm³/mol. The molecule has 1 aromatic rings. The highest BCUT2D eigenvalue weighted by Gasteiger charge is 2.08. The molecule has 0 fully saturated rings. The van der Waals surface area contributed by atoms with Gasteiger partial charge in [-0.05, 0) is 43.5 Å². The number of unbranched alkanes of at least 4 members (excludes halogenated alkanes) is 1. The van der Waals surface area contributed by atoms with Crippen molar-refractivity contribution in [3.05, 3.63) is 23.8 Å². The lowest BCUT2D eigenvalue weighted by molar-refractivity contribution is 0.593. The zero-order chi connectivity index (χ0) is 15.2. The second kappa shape index (κ2) is 7.53. The maximum absolute atomic E-state index is 11.3. The van der Waals surface area contributed by atoms with Gasteiger partial charge in [-0.2, -0.15) is 0 Å². The molecule has 0 saturated heterocycles. The van der Waals surface area contributed by atoms with Gasteiger partial charge in [-0.25, -0.2) is 8.42 Å². The normalized spacial score (nSPS) is 13.0. The molecule has 5 heteroatoms. The molecule has 0 aliphatic rings. The van der Waals surface area contributed by atoms with Gasteiger partial charge in [-0.15, -0.1) is 0 Å². The maximum Gasteiger partial charge on any atom is 0.229 e. The molecule has 114 valence electrons. The highest BCUT2D eigenvalue weighted by molar-refractivity contribution is 7.92. The van der Waals surface area contributed by atoms with Crippen molar-refractivity contribution in [1.82, 2.24) is 0 Å². The van der Waals surface area contributed by atoms with Crippen molar-refractivity contribution in [2.75, 3.05) is 16.3 Å². The van der Waals surface area contributed by atoms with Gasteiger partial charge in [-0.1, -0.05) is 26.7 Å². The largest absolute Gasteiger partial charge is 0.382 e. The molecule has 1 unspecified atom stereocenters. The van der Waals surface area contributed by atoms with E-state index in [4.69, 9.17) is 0 Å². The number of nitrogens with one attached hydrogen (secondary N) is 2. The van der Waals surface area contributed by atoms with E-state index in [1.54, 1.807) is 0 Å². The molecular formula is C15H26N2O2S. The number of hydrogen-bond acceptors (Lipinski definition) is 3. The Kier molecular flexibility index (Phi) is 6.33. The van der Waals surface area contributed by atoms with Gasteiger partial charge in [0.05, 0.1) is 11.9 Å². The topological polar surface area (TPSA) is 58.2 Å². The third-order valence-electron chi connectivity index (χ3n) is 3.29. The zero-order valence-corrected chi connectivity index (χ0v) is 13.7.